The summed E-state index contributed by atoms with van der Waals surface area (Å²) < 4.78 is 104. The monoisotopic (exact) mass is 420 g/mol. The molecule has 0 aliphatic carbocycles. The first-order valence-corrected chi connectivity index (χ1v) is 10.0. The maximum Gasteiger partial charge on any atom is 0.519 e. The van der Waals surface area contributed by atoms with Crippen molar-refractivity contribution in [3.8, 4) is 0 Å². The number of hydrogen-bond acceptors (Lipinski definition) is 5. The van der Waals surface area contributed by atoms with Gasteiger partial charge in [0, 0.05) is 12.0 Å². The number of oxime groups is 1. The molecule has 0 radical (unpaired) electrons. The first-order chi connectivity index (χ1) is 11.7. The molecule has 1 aliphatic heterocycles. The van der Waals surface area contributed by atoms with Gasteiger partial charge in [-0.15, -0.1) is 0 Å². The number of benzene rings is 1. The highest BCUT2D eigenvalue weighted by Crippen LogP contribution is 2.32. The van der Waals surface area contributed by atoms with Crippen LogP contribution in [-0.2, 0) is 30.3 Å². The van der Waals surface area contributed by atoms with E-state index in [0.29, 0.717) is 0 Å². The van der Waals surface area contributed by atoms with Gasteiger partial charge in [0.2, 0.25) is 0 Å². The van der Waals surface area contributed by atoms with Crippen LogP contribution >= 0.6 is 0 Å². The molecule has 2 rings (SSSR count). The summed E-state index contributed by atoms with van der Waals surface area (Å²) in [5.74, 6) is -3.67. The fraction of sp³-hybridized carbons (Fsp3) is 0.462. The molecule has 6 nitrogen and oxygen atoms in total. The fourth-order valence-electron chi connectivity index (χ4n) is 1.99. The maximum atomic E-state index is 13.8. The van der Waals surface area contributed by atoms with Crippen LogP contribution < -0.4 is 0 Å². The summed E-state index contributed by atoms with van der Waals surface area (Å²) in [6, 6.07) is 2.56. The van der Waals surface area contributed by atoms with Gasteiger partial charge in [0.1, 0.15) is 27.0 Å². The molecule has 1 aliphatic rings. The topological polar surface area (TPSA) is 85.2 Å². The number of alkyl halides is 3. The summed E-state index contributed by atoms with van der Waals surface area (Å²) in [5, 5.41) is 2.73. The lowest BCUT2D eigenvalue weighted by Crippen LogP contribution is -2.27. The van der Waals surface area contributed by atoms with Crippen LogP contribution in [-0.4, -0.2) is 28.8 Å². The van der Waals surface area contributed by atoms with Crippen LogP contribution in [0.25, 0.3) is 0 Å². The molecule has 0 spiro atoms. The van der Waals surface area contributed by atoms with Crippen LogP contribution in [0.15, 0.2) is 27.1 Å². The zero-order valence-corrected chi connectivity index (χ0v) is 15.0. The molecule has 1 heterocycles. The van der Waals surface area contributed by atoms with E-state index in [1.54, 1.807) is 0 Å². The summed E-state index contributed by atoms with van der Waals surface area (Å²) in [5.41, 5.74) is -7.80. The van der Waals surface area contributed by atoms with Crippen molar-refractivity contribution in [3.05, 3.63) is 35.4 Å². The number of rotatable bonds is 3. The van der Waals surface area contributed by atoms with Gasteiger partial charge in [0.05, 0.1) is 5.75 Å². The Morgan fingerprint density at radius 1 is 1.19 bits per heavy atom. The highest BCUT2D eigenvalue weighted by Gasteiger charge is 2.48. The van der Waals surface area contributed by atoms with E-state index in [2.05, 4.69) is 8.92 Å². The van der Waals surface area contributed by atoms with Gasteiger partial charge in [-0.05, 0) is 26.0 Å². The Labute approximate surface area is 146 Å². The Kier molecular flexibility index (Phi) is 5.09. The molecule has 0 saturated carbocycles. The first-order valence-electron chi connectivity index (χ1n) is 6.92. The second-order valence-corrected chi connectivity index (χ2v) is 10.0. The molecule has 0 aromatic heterocycles. The molecule has 1 aromatic carbocycles. The Morgan fingerprint density at radius 3 is 2.15 bits per heavy atom. The van der Waals surface area contributed by atoms with Crippen molar-refractivity contribution in [3.63, 3.8) is 0 Å². The van der Waals surface area contributed by atoms with Gasteiger partial charge in [-0.1, -0.05) is 15.0 Å². The summed E-state index contributed by atoms with van der Waals surface area (Å²) in [6.45, 7) is 2.90. The minimum Gasteiger partial charge on any atom is -0.389 e. The van der Waals surface area contributed by atoms with Crippen molar-refractivity contribution >= 4 is 24.8 Å². The van der Waals surface area contributed by atoms with Crippen LogP contribution in [0.1, 0.15) is 25.8 Å². The molecule has 0 amide bonds. The highest BCUT2D eigenvalue weighted by molar-refractivity contribution is 8.12. The van der Waals surface area contributed by atoms with Gasteiger partial charge < -0.3 is 4.84 Å². The Bertz CT molecular complexity index is 956. The third kappa shape index (κ3) is 4.14. The van der Waals surface area contributed by atoms with E-state index in [0.717, 1.165) is 18.2 Å². The summed E-state index contributed by atoms with van der Waals surface area (Å²) in [6.07, 6.45) is -0.335. The lowest BCUT2D eigenvalue weighted by Gasteiger charge is -2.15. The maximum absolute atomic E-state index is 13.8. The van der Waals surface area contributed by atoms with Crippen molar-refractivity contribution in [2.45, 2.75) is 37.1 Å². The van der Waals surface area contributed by atoms with Crippen molar-refractivity contribution in [2.75, 3.05) is 0 Å². The van der Waals surface area contributed by atoms with E-state index in [1.807, 2.05) is 0 Å². The number of halogens is 5. The summed E-state index contributed by atoms with van der Waals surface area (Å²) >= 11 is 0. The van der Waals surface area contributed by atoms with Crippen LogP contribution in [0.5, 0.6) is 0 Å². The second kappa shape index (κ2) is 6.44. The minimum absolute atomic E-state index is 0.335. The van der Waals surface area contributed by atoms with Crippen LogP contribution in [0, 0.1) is 11.6 Å². The van der Waals surface area contributed by atoms with Gasteiger partial charge in [0.25, 0.3) is 0 Å². The molecule has 0 saturated heterocycles. The molecule has 1 aromatic rings. The van der Waals surface area contributed by atoms with Gasteiger partial charge in [-0.2, -0.15) is 21.6 Å². The third-order valence-electron chi connectivity index (χ3n) is 3.25. The summed E-state index contributed by atoms with van der Waals surface area (Å²) in [7, 11) is -10.7. The predicted molar refractivity (Wildman–Crippen MR) is 82.8 cm³/mol. The predicted octanol–water partition coefficient (Wildman–Crippen LogP) is 3.29. The summed E-state index contributed by atoms with van der Waals surface area (Å²) in [4.78, 5) is 4.88. The van der Waals surface area contributed by atoms with Crippen LogP contribution in [0.4, 0.5) is 22.0 Å². The van der Waals surface area contributed by atoms with Crippen molar-refractivity contribution in [2.24, 2.45) is 8.92 Å². The van der Waals surface area contributed by atoms with E-state index < -0.39 is 58.9 Å². The average Bonchev–Trinajstić information content (AvgIpc) is 2.82. The zero-order valence-electron chi connectivity index (χ0n) is 13.4. The number of hydrogen-bond donors (Lipinski definition) is 0. The van der Waals surface area contributed by atoms with Crippen molar-refractivity contribution in [1.82, 2.24) is 0 Å². The SMILES string of the molecule is CC1(C)CC(S(=O)(Cc2c(F)cccc2F)=NS(=O)(=O)C(F)(F)F)=NO1. The molecule has 1 atom stereocenters. The van der Waals surface area contributed by atoms with Gasteiger partial charge in [0.15, 0.2) is 5.04 Å². The average molecular weight is 420 g/mol. The largest absolute Gasteiger partial charge is 0.519 e. The lowest BCUT2D eigenvalue weighted by molar-refractivity contribution is -0.0434. The molecule has 13 heteroatoms. The number of sulfonamides is 1. The van der Waals surface area contributed by atoms with Crippen LogP contribution in [0.3, 0.4) is 0 Å². The Morgan fingerprint density at radius 2 is 1.73 bits per heavy atom. The number of nitrogens with zero attached hydrogens (tertiary/aromatic N) is 2. The van der Waals surface area contributed by atoms with E-state index in [1.165, 1.54) is 13.8 Å². The highest BCUT2D eigenvalue weighted by atomic mass is 32.3. The molecular formula is C13H13F5N2O4S2. The van der Waals surface area contributed by atoms with E-state index in [-0.39, 0.29) is 6.42 Å². The van der Waals surface area contributed by atoms with Gasteiger partial charge in [-0.25, -0.2) is 13.0 Å². The molecule has 0 N–H and O–H groups in total. The minimum atomic E-state index is -6.21. The smallest absolute Gasteiger partial charge is 0.389 e. The standard InChI is InChI=1S/C13H13F5N2O4S2/c1-12(2)6-11(19-24-12)25(21,20-26(22,23)13(16,17)18)7-8-9(14)4-3-5-10(8)15/h3-5H,6-7H2,1-2H3. The quantitative estimate of drug-likeness (QED) is 0.703. The van der Waals surface area contributed by atoms with Crippen LogP contribution in [0.2, 0.25) is 0 Å². The Hall–Kier alpha value is -1.76. The second-order valence-electron chi connectivity index (χ2n) is 5.99. The first kappa shape index (κ1) is 20.6. The van der Waals surface area contributed by atoms with E-state index >= 15 is 0 Å². The molecule has 0 fully saturated rings. The van der Waals surface area contributed by atoms with E-state index in [4.69, 9.17) is 4.84 Å². The van der Waals surface area contributed by atoms with Gasteiger partial charge >= 0.3 is 15.5 Å². The molecular weight excluding hydrogens is 407 g/mol. The van der Waals surface area contributed by atoms with Crippen molar-refractivity contribution in [1.29, 1.82) is 0 Å². The molecule has 1 unspecified atom stereocenters. The lowest BCUT2D eigenvalue weighted by atomic mass is 10.1. The zero-order chi connectivity index (χ0) is 20.0. The van der Waals surface area contributed by atoms with Gasteiger partial charge in [-0.3, -0.25) is 0 Å². The third-order valence-corrected chi connectivity index (χ3v) is 7.22. The molecule has 26 heavy (non-hydrogen) atoms. The molecule has 146 valence electrons. The normalized spacial score (nSPS) is 19.4. The fourth-order valence-corrected chi connectivity index (χ4v) is 5.72. The Balaban J connectivity index is 2.67. The van der Waals surface area contributed by atoms with Crippen molar-refractivity contribution < 1.29 is 39.4 Å². The van der Waals surface area contributed by atoms with E-state index in [9.17, 15) is 34.6 Å². The molecule has 0 bridgehead atoms.